The summed E-state index contributed by atoms with van der Waals surface area (Å²) in [4.78, 5) is 16.4. The third kappa shape index (κ3) is 4.33. The summed E-state index contributed by atoms with van der Waals surface area (Å²) in [5, 5.41) is 0. The van der Waals surface area contributed by atoms with E-state index in [0.29, 0.717) is 25.3 Å². The number of para-hydroxylation sites is 1. The van der Waals surface area contributed by atoms with Crippen LogP contribution in [-0.4, -0.2) is 74.5 Å². The molecule has 0 aromatic heterocycles. The number of nitrogens with zero attached hydrogens (tertiary/aromatic N) is 2. The molecule has 138 valence electrons. The van der Waals surface area contributed by atoms with E-state index in [9.17, 15) is 13.2 Å². The van der Waals surface area contributed by atoms with Crippen molar-refractivity contribution in [1.82, 2.24) is 9.80 Å². The normalized spacial score (nSPS) is 23.6. The molecule has 0 N–H and O–H groups in total. The number of hydrogen-bond acceptors (Lipinski definition) is 5. The summed E-state index contributed by atoms with van der Waals surface area (Å²) in [5.41, 5.74) is 2.06. The molecule has 25 heavy (non-hydrogen) atoms. The largest absolute Gasteiger partial charge is 0.483 e. The van der Waals surface area contributed by atoms with Crippen LogP contribution in [0.2, 0.25) is 0 Å². The first kappa shape index (κ1) is 18.2. The molecule has 3 rings (SSSR count). The van der Waals surface area contributed by atoms with Gasteiger partial charge in [-0.2, -0.15) is 0 Å². The van der Waals surface area contributed by atoms with E-state index in [-0.39, 0.29) is 24.3 Å². The Kier molecular flexibility index (Phi) is 5.34. The van der Waals surface area contributed by atoms with Gasteiger partial charge in [0.25, 0.3) is 5.91 Å². The number of sulfone groups is 1. The van der Waals surface area contributed by atoms with Gasteiger partial charge in [-0.05, 0) is 31.4 Å². The molecule has 0 unspecified atom stereocenters. The SMILES string of the molecule is Cc1cccc(C)c1OCC(=O)N1CCN([C@@H]2CCS(=O)(=O)C2)CC1. The van der Waals surface area contributed by atoms with Crippen LogP contribution in [0.5, 0.6) is 5.75 Å². The van der Waals surface area contributed by atoms with Crippen molar-refractivity contribution in [3.63, 3.8) is 0 Å². The Hall–Kier alpha value is -1.60. The minimum atomic E-state index is -2.86. The minimum Gasteiger partial charge on any atom is -0.483 e. The Morgan fingerprint density at radius 2 is 1.80 bits per heavy atom. The van der Waals surface area contributed by atoms with Crippen LogP contribution in [0.3, 0.4) is 0 Å². The van der Waals surface area contributed by atoms with Crippen molar-refractivity contribution in [2.24, 2.45) is 0 Å². The van der Waals surface area contributed by atoms with Gasteiger partial charge in [0.05, 0.1) is 11.5 Å². The number of rotatable bonds is 4. The Morgan fingerprint density at radius 3 is 2.36 bits per heavy atom. The fourth-order valence-corrected chi connectivity index (χ4v) is 5.41. The van der Waals surface area contributed by atoms with Gasteiger partial charge in [0.1, 0.15) is 5.75 Å². The molecule has 0 aliphatic carbocycles. The van der Waals surface area contributed by atoms with Crippen LogP contribution < -0.4 is 4.74 Å². The van der Waals surface area contributed by atoms with Crippen LogP contribution >= 0.6 is 0 Å². The number of ether oxygens (including phenoxy) is 1. The molecule has 1 aromatic rings. The second-order valence-electron chi connectivity index (χ2n) is 6.98. The fraction of sp³-hybridized carbons (Fsp3) is 0.611. The summed E-state index contributed by atoms with van der Waals surface area (Å²) in [6, 6.07) is 6.04. The summed E-state index contributed by atoms with van der Waals surface area (Å²) in [5.74, 6) is 1.32. The zero-order valence-electron chi connectivity index (χ0n) is 14.9. The van der Waals surface area contributed by atoms with E-state index in [1.807, 2.05) is 36.9 Å². The maximum atomic E-state index is 12.4. The summed E-state index contributed by atoms with van der Waals surface area (Å²) in [6.45, 7) is 6.72. The Labute approximate surface area is 149 Å². The lowest BCUT2D eigenvalue weighted by atomic mass is 10.1. The summed E-state index contributed by atoms with van der Waals surface area (Å²) in [6.07, 6.45) is 0.714. The minimum absolute atomic E-state index is 0.0126. The molecule has 1 aromatic carbocycles. The molecular weight excluding hydrogens is 340 g/mol. The van der Waals surface area contributed by atoms with Crippen LogP contribution in [0.1, 0.15) is 17.5 Å². The third-order valence-electron chi connectivity index (χ3n) is 5.14. The van der Waals surface area contributed by atoms with Gasteiger partial charge >= 0.3 is 0 Å². The van der Waals surface area contributed by atoms with Crippen LogP contribution in [0.25, 0.3) is 0 Å². The Bertz CT molecular complexity index is 719. The van der Waals surface area contributed by atoms with Crippen LogP contribution in [0.4, 0.5) is 0 Å². The third-order valence-corrected chi connectivity index (χ3v) is 6.89. The van der Waals surface area contributed by atoms with Gasteiger partial charge in [0.15, 0.2) is 16.4 Å². The molecule has 0 saturated carbocycles. The first-order valence-corrected chi connectivity index (χ1v) is 10.6. The second-order valence-corrected chi connectivity index (χ2v) is 9.21. The number of carbonyl (C=O) groups is 1. The van der Waals surface area contributed by atoms with Gasteiger partial charge < -0.3 is 9.64 Å². The lowest BCUT2D eigenvalue weighted by Crippen LogP contribution is -2.53. The van der Waals surface area contributed by atoms with Crippen molar-refractivity contribution in [1.29, 1.82) is 0 Å². The van der Waals surface area contributed by atoms with E-state index < -0.39 is 9.84 Å². The van der Waals surface area contributed by atoms with Crippen LogP contribution in [-0.2, 0) is 14.6 Å². The maximum absolute atomic E-state index is 12.4. The van der Waals surface area contributed by atoms with Crippen molar-refractivity contribution >= 4 is 15.7 Å². The molecule has 2 aliphatic heterocycles. The molecule has 2 fully saturated rings. The highest BCUT2D eigenvalue weighted by atomic mass is 32.2. The van der Waals surface area contributed by atoms with Crippen molar-refractivity contribution in [3.8, 4) is 5.75 Å². The number of piperazine rings is 1. The van der Waals surface area contributed by atoms with Gasteiger partial charge in [-0.15, -0.1) is 0 Å². The lowest BCUT2D eigenvalue weighted by Gasteiger charge is -2.37. The van der Waals surface area contributed by atoms with Crippen molar-refractivity contribution in [2.75, 3.05) is 44.3 Å². The highest BCUT2D eigenvalue weighted by molar-refractivity contribution is 7.91. The zero-order chi connectivity index (χ0) is 18.0. The Balaban J connectivity index is 1.49. The molecule has 1 amide bonds. The van der Waals surface area contributed by atoms with E-state index >= 15 is 0 Å². The molecule has 0 spiro atoms. The first-order valence-electron chi connectivity index (χ1n) is 8.77. The smallest absolute Gasteiger partial charge is 0.260 e. The van der Waals surface area contributed by atoms with Gasteiger partial charge in [0.2, 0.25) is 0 Å². The highest BCUT2D eigenvalue weighted by Gasteiger charge is 2.34. The predicted molar refractivity (Wildman–Crippen MR) is 96.6 cm³/mol. The standard InChI is InChI=1S/C18H26N2O4S/c1-14-4-3-5-15(2)18(14)24-12-17(21)20-9-7-19(8-10-20)16-6-11-25(22,23)13-16/h3-5,16H,6-13H2,1-2H3/t16-/m1/s1. The van der Waals surface area contributed by atoms with Crippen molar-refractivity contribution in [3.05, 3.63) is 29.3 Å². The van der Waals surface area contributed by atoms with Gasteiger partial charge in [0, 0.05) is 32.2 Å². The summed E-state index contributed by atoms with van der Waals surface area (Å²) >= 11 is 0. The molecule has 1 atom stereocenters. The second kappa shape index (κ2) is 7.33. The van der Waals surface area contributed by atoms with E-state index in [1.165, 1.54) is 0 Å². The van der Waals surface area contributed by atoms with Crippen molar-refractivity contribution < 1.29 is 17.9 Å². The topological polar surface area (TPSA) is 66.9 Å². The zero-order valence-corrected chi connectivity index (χ0v) is 15.7. The van der Waals surface area contributed by atoms with E-state index in [1.54, 1.807) is 0 Å². The molecule has 2 heterocycles. The molecule has 0 bridgehead atoms. The van der Waals surface area contributed by atoms with E-state index in [2.05, 4.69) is 4.90 Å². The lowest BCUT2D eigenvalue weighted by molar-refractivity contribution is -0.135. The fourth-order valence-electron chi connectivity index (χ4n) is 3.65. The van der Waals surface area contributed by atoms with Crippen LogP contribution in [0, 0.1) is 13.8 Å². The van der Waals surface area contributed by atoms with E-state index in [4.69, 9.17) is 4.74 Å². The average Bonchev–Trinajstić information content (AvgIpc) is 2.94. The highest BCUT2D eigenvalue weighted by Crippen LogP contribution is 2.23. The molecule has 6 nitrogen and oxygen atoms in total. The van der Waals surface area contributed by atoms with Gasteiger partial charge in [-0.3, -0.25) is 9.69 Å². The van der Waals surface area contributed by atoms with Gasteiger partial charge in [-0.1, -0.05) is 18.2 Å². The molecular formula is C18H26N2O4S. The number of carbonyl (C=O) groups excluding carboxylic acids is 1. The quantitative estimate of drug-likeness (QED) is 0.796. The molecule has 2 aliphatic rings. The summed E-state index contributed by atoms with van der Waals surface area (Å²) in [7, 11) is -2.86. The molecule has 2 saturated heterocycles. The maximum Gasteiger partial charge on any atom is 0.260 e. The Morgan fingerprint density at radius 1 is 1.16 bits per heavy atom. The van der Waals surface area contributed by atoms with Crippen LogP contribution in [0.15, 0.2) is 18.2 Å². The molecule has 7 heteroatoms. The average molecular weight is 366 g/mol. The first-order chi connectivity index (χ1) is 11.9. The number of benzene rings is 1. The number of aryl methyl sites for hydroxylation is 2. The van der Waals surface area contributed by atoms with Gasteiger partial charge in [-0.25, -0.2) is 8.42 Å². The monoisotopic (exact) mass is 366 g/mol. The van der Waals surface area contributed by atoms with Crippen molar-refractivity contribution in [2.45, 2.75) is 26.3 Å². The predicted octanol–water partition coefficient (Wildman–Crippen LogP) is 1.01. The number of amides is 1. The summed E-state index contributed by atoms with van der Waals surface area (Å²) < 4.78 is 29.0. The number of hydrogen-bond donors (Lipinski definition) is 0. The van der Waals surface area contributed by atoms with E-state index in [0.717, 1.165) is 30.0 Å². The molecule has 0 radical (unpaired) electrons.